The second kappa shape index (κ2) is 6.58. The molecule has 0 aromatic rings. The Hall–Kier alpha value is -0.0800. The molecular formula is C19H38N2. The molecule has 0 radical (unpaired) electrons. The standard InChI is InChI=1S/C19H38N2/c1-14(2)18-13-17(15(3)21(18)19(4,5)6)12-16-8-10-20(7)11-9-16/h14-18H,8-13H2,1-7H3/t15-,17+,18+/m1/s1. The van der Waals surface area contributed by atoms with Gasteiger partial charge in [-0.2, -0.15) is 0 Å². The molecule has 3 atom stereocenters. The van der Waals surface area contributed by atoms with Crippen LogP contribution in [-0.2, 0) is 0 Å². The normalized spacial score (nSPS) is 34.0. The number of piperidine rings is 1. The Morgan fingerprint density at radius 3 is 2.10 bits per heavy atom. The zero-order valence-electron chi connectivity index (χ0n) is 15.5. The van der Waals surface area contributed by atoms with Crippen molar-refractivity contribution in [2.24, 2.45) is 17.8 Å². The van der Waals surface area contributed by atoms with Gasteiger partial charge in [0.1, 0.15) is 0 Å². The van der Waals surface area contributed by atoms with Gasteiger partial charge in [0.05, 0.1) is 0 Å². The quantitative estimate of drug-likeness (QED) is 0.767. The SMILES string of the molecule is CC(C)[C@@H]1C[C@H](CC2CCN(C)CC2)[C@@H](C)N1C(C)(C)C. The maximum Gasteiger partial charge on any atom is 0.0131 e. The van der Waals surface area contributed by atoms with Crippen LogP contribution >= 0.6 is 0 Å². The van der Waals surface area contributed by atoms with E-state index in [9.17, 15) is 0 Å². The summed E-state index contributed by atoms with van der Waals surface area (Å²) >= 11 is 0. The number of hydrogen-bond donors (Lipinski definition) is 0. The monoisotopic (exact) mass is 294 g/mol. The van der Waals surface area contributed by atoms with Gasteiger partial charge in [0.25, 0.3) is 0 Å². The van der Waals surface area contributed by atoms with Crippen molar-refractivity contribution in [2.45, 2.75) is 84.8 Å². The van der Waals surface area contributed by atoms with Gasteiger partial charge in [-0.05, 0) is 91.3 Å². The highest BCUT2D eigenvalue weighted by Gasteiger charge is 2.44. The molecule has 2 fully saturated rings. The predicted molar refractivity (Wildman–Crippen MR) is 92.6 cm³/mol. The molecule has 2 rings (SSSR count). The Labute approximate surface area is 133 Å². The van der Waals surface area contributed by atoms with Gasteiger partial charge in [0, 0.05) is 17.6 Å². The summed E-state index contributed by atoms with van der Waals surface area (Å²) in [4.78, 5) is 5.32. The third kappa shape index (κ3) is 4.01. The zero-order valence-corrected chi connectivity index (χ0v) is 15.5. The van der Waals surface area contributed by atoms with E-state index >= 15 is 0 Å². The fourth-order valence-corrected chi connectivity index (χ4v) is 4.87. The summed E-state index contributed by atoms with van der Waals surface area (Å²) in [6, 6.07) is 1.52. The Balaban J connectivity index is 2.01. The van der Waals surface area contributed by atoms with Gasteiger partial charge in [-0.25, -0.2) is 0 Å². The molecule has 2 aliphatic rings. The van der Waals surface area contributed by atoms with Crippen molar-refractivity contribution < 1.29 is 0 Å². The Kier molecular flexibility index (Phi) is 5.41. The molecule has 2 aliphatic heterocycles. The van der Waals surface area contributed by atoms with E-state index in [1.165, 1.54) is 38.8 Å². The van der Waals surface area contributed by atoms with E-state index in [1.807, 2.05) is 0 Å². The van der Waals surface area contributed by atoms with Crippen molar-refractivity contribution in [2.75, 3.05) is 20.1 Å². The molecule has 0 aromatic heterocycles. The minimum Gasteiger partial charge on any atom is -0.306 e. The minimum atomic E-state index is 0.301. The highest BCUT2D eigenvalue weighted by molar-refractivity contribution is 4.99. The maximum atomic E-state index is 2.83. The van der Waals surface area contributed by atoms with E-state index in [0.29, 0.717) is 5.54 Å². The van der Waals surface area contributed by atoms with Crippen LogP contribution in [0.2, 0.25) is 0 Å². The van der Waals surface area contributed by atoms with Crippen molar-refractivity contribution in [3.63, 3.8) is 0 Å². The van der Waals surface area contributed by atoms with E-state index in [1.54, 1.807) is 0 Å². The average molecular weight is 295 g/mol. The molecule has 2 heterocycles. The van der Waals surface area contributed by atoms with E-state index in [-0.39, 0.29) is 0 Å². The predicted octanol–water partition coefficient (Wildman–Crippen LogP) is 4.25. The van der Waals surface area contributed by atoms with E-state index in [4.69, 9.17) is 0 Å². The summed E-state index contributed by atoms with van der Waals surface area (Å²) in [7, 11) is 2.27. The zero-order chi connectivity index (χ0) is 15.8. The molecule has 0 aliphatic carbocycles. The number of nitrogens with zero attached hydrogens (tertiary/aromatic N) is 2. The third-order valence-corrected chi connectivity index (χ3v) is 6.04. The fourth-order valence-electron chi connectivity index (χ4n) is 4.87. The van der Waals surface area contributed by atoms with Crippen LogP contribution < -0.4 is 0 Å². The van der Waals surface area contributed by atoms with Gasteiger partial charge < -0.3 is 4.90 Å². The first-order chi connectivity index (χ1) is 9.70. The average Bonchev–Trinajstić information content (AvgIpc) is 2.70. The Bertz CT molecular complexity index is 323. The highest BCUT2D eigenvalue weighted by Crippen LogP contribution is 2.42. The number of rotatable bonds is 3. The van der Waals surface area contributed by atoms with Gasteiger partial charge in [-0.3, -0.25) is 4.90 Å². The topological polar surface area (TPSA) is 6.48 Å². The fraction of sp³-hybridized carbons (Fsp3) is 1.00. The summed E-state index contributed by atoms with van der Waals surface area (Å²) in [6.07, 6.45) is 5.72. The molecule has 124 valence electrons. The second-order valence-corrected chi connectivity index (χ2v) is 9.11. The summed E-state index contributed by atoms with van der Waals surface area (Å²) in [6.45, 7) is 17.1. The molecule has 0 bridgehead atoms. The van der Waals surface area contributed by atoms with Gasteiger partial charge >= 0.3 is 0 Å². The molecule has 0 N–H and O–H groups in total. The molecule has 2 heteroatoms. The van der Waals surface area contributed by atoms with Gasteiger partial charge in [0.15, 0.2) is 0 Å². The van der Waals surface area contributed by atoms with Crippen LogP contribution in [0.4, 0.5) is 0 Å². The van der Waals surface area contributed by atoms with Crippen molar-refractivity contribution in [3.8, 4) is 0 Å². The Morgan fingerprint density at radius 2 is 1.67 bits per heavy atom. The molecule has 0 amide bonds. The van der Waals surface area contributed by atoms with Crippen molar-refractivity contribution in [3.05, 3.63) is 0 Å². The lowest BCUT2D eigenvalue weighted by molar-refractivity contribution is 0.0541. The van der Waals surface area contributed by atoms with E-state index < -0.39 is 0 Å². The first-order valence-corrected chi connectivity index (χ1v) is 9.17. The third-order valence-electron chi connectivity index (χ3n) is 6.04. The molecule has 0 aromatic carbocycles. The second-order valence-electron chi connectivity index (χ2n) is 9.11. The van der Waals surface area contributed by atoms with Crippen LogP contribution in [0, 0.1) is 17.8 Å². The number of likely N-dealkylation sites (tertiary alicyclic amines) is 2. The van der Waals surface area contributed by atoms with Crippen LogP contribution in [0.3, 0.4) is 0 Å². The summed E-state index contributed by atoms with van der Waals surface area (Å²) in [5.74, 6) is 2.65. The molecular weight excluding hydrogens is 256 g/mol. The van der Waals surface area contributed by atoms with Crippen molar-refractivity contribution in [1.82, 2.24) is 9.80 Å². The highest BCUT2D eigenvalue weighted by atomic mass is 15.3. The lowest BCUT2D eigenvalue weighted by Crippen LogP contribution is -2.50. The van der Waals surface area contributed by atoms with Crippen LogP contribution in [0.25, 0.3) is 0 Å². The maximum absolute atomic E-state index is 2.83. The molecule has 0 saturated carbocycles. The Morgan fingerprint density at radius 1 is 1.10 bits per heavy atom. The molecule has 2 nitrogen and oxygen atoms in total. The first kappa shape index (κ1) is 17.3. The summed E-state index contributed by atoms with van der Waals surface area (Å²) < 4.78 is 0. The van der Waals surface area contributed by atoms with E-state index in [2.05, 4.69) is 58.4 Å². The van der Waals surface area contributed by atoms with Gasteiger partial charge in [-0.15, -0.1) is 0 Å². The van der Waals surface area contributed by atoms with Crippen molar-refractivity contribution >= 4 is 0 Å². The van der Waals surface area contributed by atoms with Gasteiger partial charge in [-0.1, -0.05) is 13.8 Å². The minimum absolute atomic E-state index is 0.301. The smallest absolute Gasteiger partial charge is 0.0131 e. The molecule has 21 heavy (non-hydrogen) atoms. The first-order valence-electron chi connectivity index (χ1n) is 9.17. The van der Waals surface area contributed by atoms with Crippen LogP contribution in [0.15, 0.2) is 0 Å². The number of hydrogen-bond acceptors (Lipinski definition) is 2. The van der Waals surface area contributed by atoms with Gasteiger partial charge in [0.2, 0.25) is 0 Å². The largest absolute Gasteiger partial charge is 0.306 e. The molecule has 2 saturated heterocycles. The van der Waals surface area contributed by atoms with Crippen LogP contribution in [-0.4, -0.2) is 47.6 Å². The molecule has 0 spiro atoms. The van der Waals surface area contributed by atoms with Crippen LogP contribution in [0.1, 0.15) is 67.2 Å². The van der Waals surface area contributed by atoms with Crippen molar-refractivity contribution in [1.29, 1.82) is 0 Å². The molecule has 0 unspecified atom stereocenters. The summed E-state index contributed by atoms with van der Waals surface area (Å²) in [5, 5.41) is 0. The summed E-state index contributed by atoms with van der Waals surface area (Å²) in [5.41, 5.74) is 0.301. The van der Waals surface area contributed by atoms with E-state index in [0.717, 1.165) is 29.8 Å². The van der Waals surface area contributed by atoms with Crippen LogP contribution in [0.5, 0.6) is 0 Å². The lowest BCUT2D eigenvalue weighted by Gasteiger charge is -2.42. The lowest BCUT2D eigenvalue weighted by atomic mass is 9.83.